The second-order valence-corrected chi connectivity index (χ2v) is 3.23. The molecule has 12 heavy (non-hydrogen) atoms. The normalized spacial score (nSPS) is 18.9. The molecule has 1 rings (SSSR count). The first-order valence-corrected chi connectivity index (χ1v) is 4.41. The van der Waals surface area contributed by atoms with E-state index in [0.717, 1.165) is 19.6 Å². The third-order valence-electron chi connectivity index (χ3n) is 2.16. The molecule has 1 aliphatic rings. The maximum Gasteiger partial charge on any atom is 0.0891 e. The van der Waals surface area contributed by atoms with Gasteiger partial charge in [0, 0.05) is 33.1 Å². The van der Waals surface area contributed by atoms with Gasteiger partial charge in [-0.25, -0.2) is 0 Å². The first-order chi connectivity index (χ1) is 5.76. The topological polar surface area (TPSA) is 15.7 Å². The highest BCUT2D eigenvalue weighted by molar-refractivity contribution is 4.89. The number of nitrogens with zero attached hydrogens (tertiary/aromatic N) is 2. The minimum Gasteiger partial charge on any atom is -0.380 e. The number of rotatable bonds is 4. The van der Waals surface area contributed by atoms with Gasteiger partial charge in [0.1, 0.15) is 0 Å². The van der Waals surface area contributed by atoms with Crippen molar-refractivity contribution < 1.29 is 4.74 Å². The Morgan fingerprint density at radius 3 is 2.67 bits per heavy atom. The van der Waals surface area contributed by atoms with E-state index in [0.29, 0.717) is 6.10 Å². The highest BCUT2D eigenvalue weighted by Gasteiger charge is 2.12. The lowest BCUT2D eigenvalue weighted by Crippen LogP contribution is -2.31. The van der Waals surface area contributed by atoms with E-state index >= 15 is 0 Å². The third kappa shape index (κ3) is 2.41. The molecule has 0 aromatic rings. The Kier molecular flexibility index (Phi) is 3.41. The molecule has 0 amide bonds. The highest BCUT2D eigenvalue weighted by atomic mass is 16.5. The molecule has 1 heterocycles. The molecule has 0 N–H and O–H groups in total. The van der Waals surface area contributed by atoms with Crippen LogP contribution >= 0.6 is 0 Å². The average Bonchev–Trinajstić information content (AvgIpc) is 2.47. The zero-order chi connectivity index (χ0) is 8.97. The minimum absolute atomic E-state index is 0.362. The molecule has 0 aromatic heterocycles. The second-order valence-electron chi connectivity index (χ2n) is 3.23. The van der Waals surface area contributed by atoms with Crippen molar-refractivity contribution in [2.45, 2.75) is 19.4 Å². The van der Waals surface area contributed by atoms with Crippen LogP contribution in [0.25, 0.3) is 0 Å². The van der Waals surface area contributed by atoms with Crippen LogP contribution in [0.15, 0.2) is 12.4 Å². The fourth-order valence-corrected chi connectivity index (χ4v) is 1.34. The van der Waals surface area contributed by atoms with E-state index in [-0.39, 0.29) is 0 Å². The van der Waals surface area contributed by atoms with Gasteiger partial charge in [-0.15, -0.1) is 0 Å². The van der Waals surface area contributed by atoms with Crippen LogP contribution in [-0.2, 0) is 4.74 Å². The third-order valence-corrected chi connectivity index (χ3v) is 2.16. The molecule has 1 aliphatic heterocycles. The summed E-state index contributed by atoms with van der Waals surface area (Å²) in [6.45, 7) is 4.13. The molecule has 0 bridgehead atoms. The van der Waals surface area contributed by atoms with Gasteiger partial charge in [-0.3, -0.25) is 0 Å². The molecular weight excluding hydrogens is 152 g/mol. The van der Waals surface area contributed by atoms with Crippen molar-refractivity contribution in [1.29, 1.82) is 0 Å². The number of hydrogen-bond donors (Lipinski definition) is 0. The van der Waals surface area contributed by atoms with Crippen molar-refractivity contribution in [3.63, 3.8) is 0 Å². The van der Waals surface area contributed by atoms with Gasteiger partial charge in [0.2, 0.25) is 0 Å². The fourth-order valence-electron chi connectivity index (χ4n) is 1.34. The SMILES string of the molecule is CCC(CN1C=CN(C)C1)OC. The lowest BCUT2D eigenvalue weighted by atomic mass is 10.2. The predicted octanol–water partition coefficient (Wildman–Crippen LogP) is 1.09. The Balaban J connectivity index is 2.27. The monoisotopic (exact) mass is 170 g/mol. The Morgan fingerprint density at radius 1 is 1.50 bits per heavy atom. The number of methoxy groups -OCH3 is 1. The van der Waals surface area contributed by atoms with Crippen molar-refractivity contribution in [2.75, 3.05) is 27.4 Å². The van der Waals surface area contributed by atoms with Crippen LogP contribution < -0.4 is 0 Å². The fraction of sp³-hybridized carbons (Fsp3) is 0.778. The van der Waals surface area contributed by atoms with Gasteiger partial charge >= 0.3 is 0 Å². The maximum atomic E-state index is 5.30. The number of hydrogen-bond acceptors (Lipinski definition) is 3. The van der Waals surface area contributed by atoms with E-state index in [1.807, 2.05) is 0 Å². The van der Waals surface area contributed by atoms with Gasteiger partial charge in [0.05, 0.1) is 12.8 Å². The average molecular weight is 170 g/mol. The van der Waals surface area contributed by atoms with Crippen LogP contribution in [0, 0.1) is 0 Å². The summed E-state index contributed by atoms with van der Waals surface area (Å²) >= 11 is 0. The Labute approximate surface area is 74.6 Å². The Morgan fingerprint density at radius 2 is 2.25 bits per heavy atom. The standard InChI is InChI=1S/C9H18N2O/c1-4-9(12-3)7-11-6-5-10(2)8-11/h5-6,9H,4,7-8H2,1-3H3. The van der Waals surface area contributed by atoms with Crippen molar-refractivity contribution in [3.8, 4) is 0 Å². The molecule has 3 heteroatoms. The summed E-state index contributed by atoms with van der Waals surface area (Å²) in [5.74, 6) is 0. The molecule has 0 fully saturated rings. The zero-order valence-electron chi connectivity index (χ0n) is 8.16. The first-order valence-electron chi connectivity index (χ1n) is 4.41. The summed E-state index contributed by atoms with van der Waals surface area (Å²) in [5.41, 5.74) is 0. The number of ether oxygens (including phenoxy) is 1. The van der Waals surface area contributed by atoms with Crippen LogP contribution in [0.2, 0.25) is 0 Å². The lowest BCUT2D eigenvalue weighted by Gasteiger charge is -2.22. The van der Waals surface area contributed by atoms with Crippen LogP contribution in [0.1, 0.15) is 13.3 Å². The van der Waals surface area contributed by atoms with E-state index in [4.69, 9.17) is 4.74 Å². The summed E-state index contributed by atoms with van der Waals surface area (Å²) in [5, 5.41) is 0. The van der Waals surface area contributed by atoms with Crippen LogP contribution in [0.3, 0.4) is 0 Å². The lowest BCUT2D eigenvalue weighted by molar-refractivity contribution is 0.0708. The molecule has 0 spiro atoms. The Bertz CT molecular complexity index is 155. The molecule has 0 aromatic carbocycles. The van der Waals surface area contributed by atoms with E-state index in [2.05, 4.69) is 36.2 Å². The Hall–Kier alpha value is -0.700. The largest absolute Gasteiger partial charge is 0.380 e. The van der Waals surface area contributed by atoms with Crippen LogP contribution in [0.4, 0.5) is 0 Å². The molecule has 3 nitrogen and oxygen atoms in total. The maximum absolute atomic E-state index is 5.30. The van der Waals surface area contributed by atoms with Gasteiger partial charge < -0.3 is 14.5 Å². The van der Waals surface area contributed by atoms with Gasteiger partial charge in [0.25, 0.3) is 0 Å². The van der Waals surface area contributed by atoms with E-state index in [1.54, 1.807) is 7.11 Å². The highest BCUT2D eigenvalue weighted by Crippen LogP contribution is 2.07. The molecule has 0 radical (unpaired) electrons. The smallest absolute Gasteiger partial charge is 0.0891 e. The molecule has 70 valence electrons. The van der Waals surface area contributed by atoms with Crippen molar-refractivity contribution in [1.82, 2.24) is 9.80 Å². The quantitative estimate of drug-likeness (QED) is 0.628. The second kappa shape index (κ2) is 4.36. The summed E-state index contributed by atoms with van der Waals surface area (Å²) < 4.78 is 5.30. The predicted molar refractivity (Wildman–Crippen MR) is 49.6 cm³/mol. The van der Waals surface area contributed by atoms with Gasteiger partial charge in [-0.1, -0.05) is 6.92 Å². The molecule has 0 aliphatic carbocycles. The minimum atomic E-state index is 0.362. The van der Waals surface area contributed by atoms with Crippen molar-refractivity contribution in [2.24, 2.45) is 0 Å². The summed E-state index contributed by atoms with van der Waals surface area (Å²) in [7, 11) is 3.85. The summed E-state index contributed by atoms with van der Waals surface area (Å²) in [6.07, 6.45) is 5.63. The van der Waals surface area contributed by atoms with Crippen LogP contribution in [0.5, 0.6) is 0 Å². The van der Waals surface area contributed by atoms with E-state index in [1.165, 1.54) is 0 Å². The van der Waals surface area contributed by atoms with Gasteiger partial charge in [0.15, 0.2) is 0 Å². The molecule has 0 saturated heterocycles. The zero-order valence-corrected chi connectivity index (χ0v) is 8.16. The molecule has 1 unspecified atom stereocenters. The van der Waals surface area contributed by atoms with Gasteiger partial charge in [-0.05, 0) is 6.42 Å². The van der Waals surface area contributed by atoms with E-state index in [9.17, 15) is 0 Å². The van der Waals surface area contributed by atoms with Gasteiger partial charge in [-0.2, -0.15) is 0 Å². The molecular formula is C9H18N2O. The van der Waals surface area contributed by atoms with E-state index < -0.39 is 0 Å². The first kappa shape index (κ1) is 9.39. The summed E-state index contributed by atoms with van der Waals surface area (Å²) in [4.78, 5) is 4.42. The van der Waals surface area contributed by atoms with Crippen molar-refractivity contribution >= 4 is 0 Å². The van der Waals surface area contributed by atoms with Crippen LogP contribution in [-0.4, -0.2) is 43.3 Å². The van der Waals surface area contributed by atoms with Crippen molar-refractivity contribution in [3.05, 3.63) is 12.4 Å². The molecule has 0 saturated carbocycles. The summed E-state index contributed by atoms with van der Waals surface area (Å²) in [6, 6.07) is 0. The molecule has 1 atom stereocenters.